The molecule has 0 fully saturated rings. The number of halogens is 1. The summed E-state index contributed by atoms with van der Waals surface area (Å²) in [6.45, 7) is 0.272. The number of hydrogen-bond donors (Lipinski definition) is 0. The third-order valence-corrected chi connectivity index (χ3v) is 3.38. The Bertz CT molecular complexity index is 622. The first-order valence-electron chi connectivity index (χ1n) is 5.53. The molecule has 0 saturated carbocycles. The topological polar surface area (TPSA) is 78.2 Å². The minimum atomic E-state index is -0.438. The molecule has 0 amide bonds. The van der Waals surface area contributed by atoms with Gasteiger partial charge < -0.3 is 4.74 Å². The number of methoxy groups -OCH3 is 1. The van der Waals surface area contributed by atoms with Crippen LogP contribution in [0.1, 0.15) is 5.82 Å². The average Bonchev–Trinajstić information content (AvgIpc) is 2.39. The van der Waals surface area contributed by atoms with E-state index < -0.39 is 4.92 Å². The van der Waals surface area contributed by atoms with Crippen LogP contribution < -0.4 is 0 Å². The van der Waals surface area contributed by atoms with E-state index in [0.29, 0.717) is 16.0 Å². The second kappa shape index (κ2) is 6.65. The fourth-order valence-electron chi connectivity index (χ4n) is 1.44. The van der Waals surface area contributed by atoms with Crippen molar-refractivity contribution < 1.29 is 9.66 Å². The molecule has 0 bridgehead atoms. The van der Waals surface area contributed by atoms with Gasteiger partial charge in [-0.2, -0.15) is 0 Å². The first-order chi connectivity index (χ1) is 9.58. The average molecular weight is 312 g/mol. The Balaban J connectivity index is 2.18. The summed E-state index contributed by atoms with van der Waals surface area (Å²) in [5.74, 6) is 0.490. The SMILES string of the molecule is COCc1nc(Cl)cc(Sc2ccc([N+](=O)[O-])cc2)n1. The number of nitrogens with zero attached hydrogens (tertiary/aromatic N) is 3. The molecule has 104 valence electrons. The summed E-state index contributed by atoms with van der Waals surface area (Å²) >= 11 is 7.26. The fourth-order valence-corrected chi connectivity index (χ4v) is 2.55. The molecule has 6 nitrogen and oxygen atoms in total. The zero-order valence-electron chi connectivity index (χ0n) is 10.4. The molecule has 1 heterocycles. The quantitative estimate of drug-likeness (QED) is 0.479. The first-order valence-corrected chi connectivity index (χ1v) is 6.72. The molecule has 1 aromatic heterocycles. The first kappa shape index (κ1) is 14.7. The summed E-state index contributed by atoms with van der Waals surface area (Å²) in [5, 5.41) is 11.6. The number of ether oxygens (including phenoxy) is 1. The monoisotopic (exact) mass is 311 g/mol. The van der Waals surface area contributed by atoms with Crippen LogP contribution in [0.25, 0.3) is 0 Å². The highest BCUT2D eigenvalue weighted by Crippen LogP contribution is 2.28. The second-order valence-electron chi connectivity index (χ2n) is 3.73. The number of benzene rings is 1. The number of aromatic nitrogens is 2. The van der Waals surface area contributed by atoms with Gasteiger partial charge in [-0.3, -0.25) is 10.1 Å². The lowest BCUT2D eigenvalue weighted by Crippen LogP contribution is -1.98. The molecule has 2 aromatic rings. The fraction of sp³-hybridized carbons (Fsp3) is 0.167. The molecule has 0 unspecified atom stereocenters. The highest BCUT2D eigenvalue weighted by molar-refractivity contribution is 7.99. The van der Waals surface area contributed by atoms with E-state index in [2.05, 4.69) is 9.97 Å². The maximum absolute atomic E-state index is 10.6. The van der Waals surface area contributed by atoms with E-state index in [1.165, 1.54) is 23.9 Å². The van der Waals surface area contributed by atoms with Crippen LogP contribution in [-0.2, 0) is 11.3 Å². The van der Waals surface area contributed by atoms with Crippen molar-refractivity contribution in [3.63, 3.8) is 0 Å². The molecular formula is C12H10ClN3O3S. The van der Waals surface area contributed by atoms with Crippen LogP contribution >= 0.6 is 23.4 Å². The van der Waals surface area contributed by atoms with E-state index in [0.717, 1.165) is 4.90 Å². The molecule has 0 spiro atoms. The molecule has 0 saturated heterocycles. The molecule has 20 heavy (non-hydrogen) atoms. The molecule has 0 aliphatic rings. The Labute approximate surface area is 124 Å². The Morgan fingerprint density at radius 1 is 1.35 bits per heavy atom. The van der Waals surface area contributed by atoms with Crippen LogP contribution in [0.3, 0.4) is 0 Å². The van der Waals surface area contributed by atoms with Gasteiger partial charge in [0.05, 0.1) is 4.92 Å². The van der Waals surface area contributed by atoms with E-state index in [4.69, 9.17) is 16.3 Å². The molecule has 0 aliphatic carbocycles. The second-order valence-corrected chi connectivity index (χ2v) is 5.21. The Morgan fingerprint density at radius 2 is 2.05 bits per heavy atom. The summed E-state index contributed by atoms with van der Waals surface area (Å²) in [4.78, 5) is 19.3. The summed E-state index contributed by atoms with van der Waals surface area (Å²) in [6.07, 6.45) is 0. The van der Waals surface area contributed by atoms with Crippen molar-refractivity contribution >= 4 is 29.1 Å². The number of rotatable bonds is 5. The lowest BCUT2D eigenvalue weighted by Gasteiger charge is -2.04. The zero-order valence-corrected chi connectivity index (χ0v) is 12.0. The van der Waals surface area contributed by atoms with Crippen molar-refractivity contribution in [2.24, 2.45) is 0 Å². The van der Waals surface area contributed by atoms with E-state index >= 15 is 0 Å². The van der Waals surface area contributed by atoms with Crippen LogP contribution in [-0.4, -0.2) is 22.0 Å². The van der Waals surface area contributed by atoms with Crippen molar-refractivity contribution in [1.82, 2.24) is 9.97 Å². The van der Waals surface area contributed by atoms with Crippen molar-refractivity contribution in [3.05, 3.63) is 51.4 Å². The van der Waals surface area contributed by atoms with Gasteiger partial charge in [0.1, 0.15) is 16.8 Å². The van der Waals surface area contributed by atoms with Gasteiger partial charge in [-0.1, -0.05) is 23.4 Å². The molecular weight excluding hydrogens is 302 g/mol. The third kappa shape index (κ3) is 3.89. The van der Waals surface area contributed by atoms with E-state index in [1.807, 2.05) is 0 Å². The van der Waals surface area contributed by atoms with Gasteiger partial charge >= 0.3 is 0 Å². The van der Waals surface area contributed by atoms with Crippen LogP contribution in [0.5, 0.6) is 0 Å². The molecule has 0 radical (unpaired) electrons. The molecule has 0 aliphatic heterocycles. The van der Waals surface area contributed by atoms with E-state index in [9.17, 15) is 10.1 Å². The van der Waals surface area contributed by atoms with Gasteiger partial charge in [-0.15, -0.1) is 0 Å². The maximum atomic E-state index is 10.6. The number of hydrogen-bond acceptors (Lipinski definition) is 6. The smallest absolute Gasteiger partial charge is 0.269 e. The van der Waals surface area contributed by atoms with Crippen molar-refractivity contribution in [1.29, 1.82) is 0 Å². The number of nitro groups is 1. The standard InChI is InChI=1S/C12H10ClN3O3S/c1-19-7-11-14-10(13)6-12(15-11)20-9-4-2-8(3-5-9)16(17)18/h2-6H,7H2,1H3. The van der Waals surface area contributed by atoms with E-state index in [1.54, 1.807) is 25.3 Å². The van der Waals surface area contributed by atoms with Gasteiger partial charge in [-0.05, 0) is 12.1 Å². The summed E-state index contributed by atoms with van der Waals surface area (Å²) in [5.41, 5.74) is 0.0511. The van der Waals surface area contributed by atoms with Crippen LogP contribution in [0.15, 0.2) is 40.3 Å². The molecule has 0 N–H and O–H groups in total. The van der Waals surface area contributed by atoms with Gasteiger partial charge in [0.15, 0.2) is 5.82 Å². The highest BCUT2D eigenvalue weighted by atomic mass is 35.5. The summed E-state index contributed by atoms with van der Waals surface area (Å²) < 4.78 is 4.96. The van der Waals surface area contributed by atoms with Crippen molar-refractivity contribution in [2.45, 2.75) is 16.5 Å². The van der Waals surface area contributed by atoms with Crippen molar-refractivity contribution in [3.8, 4) is 0 Å². The maximum Gasteiger partial charge on any atom is 0.269 e. The lowest BCUT2D eigenvalue weighted by molar-refractivity contribution is -0.384. The predicted octanol–water partition coefficient (Wildman–Crippen LogP) is 3.34. The van der Waals surface area contributed by atoms with Gasteiger partial charge in [-0.25, -0.2) is 9.97 Å². The minimum absolute atomic E-state index is 0.0511. The largest absolute Gasteiger partial charge is 0.377 e. The van der Waals surface area contributed by atoms with Gasteiger partial charge in [0.2, 0.25) is 0 Å². The summed E-state index contributed by atoms with van der Waals surface area (Å²) in [6, 6.07) is 7.85. The van der Waals surface area contributed by atoms with Crippen molar-refractivity contribution in [2.75, 3.05) is 7.11 Å². The van der Waals surface area contributed by atoms with Gasteiger partial charge in [0, 0.05) is 30.2 Å². The van der Waals surface area contributed by atoms with Crippen LogP contribution in [0.2, 0.25) is 5.15 Å². The van der Waals surface area contributed by atoms with Gasteiger partial charge in [0.25, 0.3) is 5.69 Å². The molecule has 2 rings (SSSR count). The molecule has 1 aromatic carbocycles. The normalized spacial score (nSPS) is 10.5. The lowest BCUT2D eigenvalue weighted by atomic mass is 10.3. The van der Waals surface area contributed by atoms with E-state index in [-0.39, 0.29) is 12.3 Å². The number of non-ortho nitro benzene ring substituents is 1. The predicted molar refractivity (Wildman–Crippen MR) is 75.0 cm³/mol. The third-order valence-electron chi connectivity index (χ3n) is 2.26. The zero-order chi connectivity index (χ0) is 14.5. The van der Waals surface area contributed by atoms with Crippen LogP contribution in [0, 0.1) is 10.1 Å². The Morgan fingerprint density at radius 3 is 2.65 bits per heavy atom. The Hall–Kier alpha value is -1.70. The van der Waals surface area contributed by atoms with Crippen LogP contribution in [0.4, 0.5) is 5.69 Å². The number of nitro benzene ring substituents is 1. The summed E-state index contributed by atoms with van der Waals surface area (Å²) in [7, 11) is 1.55. The minimum Gasteiger partial charge on any atom is -0.377 e. The highest BCUT2D eigenvalue weighted by Gasteiger charge is 2.08. The molecule has 8 heteroatoms. The Kier molecular flexibility index (Phi) is 4.89. The molecule has 0 atom stereocenters.